The van der Waals surface area contributed by atoms with Crippen LogP contribution >= 0.6 is 11.3 Å². The third kappa shape index (κ3) is 5.70. The van der Waals surface area contributed by atoms with Gasteiger partial charge < -0.3 is 8.98 Å². The monoisotopic (exact) mass is 787 g/mol. The van der Waals surface area contributed by atoms with Crippen molar-refractivity contribution in [1.29, 1.82) is 0 Å². The predicted octanol–water partition coefficient (Wildman–Crippen LogP) is 14.1. The van der Waals surface area contributed by atoms with Crippen LogP contribution in [0.4, 0.5) is 0 Å². The summed E-state index contributed by atoms with van der Waals surface area (Å²) in [6, 6.07) is 63.3. The van der Waals surface area contributed by atoms with Crippen LogP contribution in [0.2, 0.25) is 0 Å². The molecule has 6 nitrogen and oxygen atoms in total. The molecule has 0 fully saturated rings. The highest BCUT2D eigenvalue weighted by Gasteiger charge is 2.19. The first-order chi connectivity index (χ1) is 29.6. The van der Waals surface area contributed by atoms with Gasteiger partial charge in [0.25, 0.3) is 0 Å². The summed E-state index contributed by atoms with van der Waals surface area (Å²) in [4.78, 5) is 19.7. The molecule has 12 aromatic rings. The van der Waals surface area contributed by atoms with Crippen LogP contribution in [-0.4, -0.2) is 24.5 Å². The molecule has 0 N–H and O–H groups in total. The first kappa shape index (κ1) is 34.3. The van der Waals surface area contributed by atoms with Gasteiger partial charge in [-0.15, -0.1) is 11.3 Å². The average Bonchev–Trinajstić information content (AvgIpc) is 4.01. The van der Waals surface area contributed by atoms with E-state index >= 15 is 0 Å². The third-order valence-corrected chi connectivity index (χ3v) is 12.5. The average molecular weight is 788 g/mol. The van der Waals surface area contributed by atoms with Gasteiger partial charge in [-0.3, -0.25) is 0 Å². The Balaban J connectivity index is 0.942. The summed E-state index contributed by atoms with van der Waals surface area (Å²) in [6.45, 7) is 2.20. The standard InChI is InChI=1S/C53H33N5OS/c1-32-27-41(49-43(28-32)40-20-9-11-22-48(40)60-49)35-23-25-46-42(30-35)39-19-8-10-21-45(39)58(46)38-18-12-17-37(29-38)53-54-44-31-36(24-26-47(44)59-53)52-56-50(33-13-4-2-5-14-33)55-51(57-52)34-15-6-3-7-16-34/h2-31H,1H3. The summed E-state index contributed by atoms with van der Waals surface area (Å²) in [5.74, 6) is 2.34. The van der Waals surface area contributed by atoms with Gasteiger partial charge in [0, 0.05) is 58.9 Å². The fourth-order valence-corrected chi connectivity index (χ4v) is 9.73. The highest BCUT2D eigenvalue weighted by Crippen LogP contribution is 2.43. The molecule has 12 rings (SSSR count). The highest BCUT2D eigenvalue weighted by molar-refractivity contribution is 7.26. The number of fused-ring (bicyclic) bond motifs is 7. The Morgan fingerprint density at radius 2 is 1.10 bits per heavy atom. The lowest BCUT2D eigenvalue weighted by molar-refractivity contribution is 0.620. The van der Waals surface area contributed by atoms with Crippen LogP contribution in [0.25, 0.3) is 116 Å². The number of para-hydroxylation sites is 1. The van der Waals surface area contributed by atoms with Crippen LogP contribution in [0.1, 0.15) is 5.56 Å². The molecule has 0 atom stereocenters. The molecular formula is C53H33N5OS. The van der Waals surface area contributed by atoms with Crippen LogP contribution in [0.3, 0.4) is 0 Å². The second kappa shape index (κ2) is 13.7. The van der Waals surface area contributed by atoms with E-state index < -0.39 is 0 Å². The van der Waals surface area contributed by atoms with Gasteiger partial charge >= 0.3 is 0 Å². The minimum absolute atomic E-state index is 0.546. The SMILES string of the molecule is Cc1cc(-c2ccc3c(c2)c2ccccc2n3-c2cccc(-c3nc4cc(-c5nc(-c6ccccc6)nc(-c6ccccc6)n5)ccc4o3)c2)c2sc3ccccc3c2c1. The van der Waals surface area contributed by atoms with E-state index in [-0.39, 0.29) is 0 Å². The molecule has 0 aliphatic rings. The van der Waals surface area contributed by atoms with Gasteiger partial charge in [0.15, 0.2) is 23.1 Å². The maximum atomic E-state index is 6.44. The maximum absolute atomic E-state index is 6.44. The van der Waals surface area contributed by atoms with Crippen LogP contribution in [-0.2, 0) is 0 Å². The first-order valence-electron chi connectivity index (χ1n) is 20.0. The van der Waals surface area contributed by atoms with Gasteiger partial charge in [-0.25, -0.2) is 19.9 Å². The molecule has 0 amide bonds. The van der Waals surface area contributed by atoms with Crippen molar-refractivity contribution in [3.63, 3.8) is 0 Å². The molecule has 0 aliphatic heterocycles. The number of aryl methyl sites for hydroxylation is 1. The van der Waals surface area contributed by atoms with Crippen LogP contribution in [0, 0.1) is 6.92 Å². The highest BCUT2D eigenvalue weighted by atomic mass is 32.1. The molecule has 0 radical (unpaired) electrons. The minimum Gasteiger partial charge on any atom is -0.436 e. The molecule has 0 spiro atoms. The van der Waals surface area contributed by atoms with E-state index in [9.17, 15) is 0 Å². The molecule has 0 unspecified atom stereocenters. The Kier molecular flexibility index (Phi) is 7.83. The summed E-state index contributed by atoms with van der Waals surface area (Å²) in [5, 5.41) is 5.05. The quantitative estimate of drug-likeness (QED) is 0.168. The smallest absolute Gasteiger partial charge is 0.227 e. The van der Waals surface area contributed by atoms with Gasteiger partial charge in [-0.1, -0.05) is 109 Å². The van der Waals surface area contributed by atoms with E-state index in [1.165, 1.54) is 47.6 Å². The molecule has 282 valence electrons. The number of aromatic nitrogens is 5. The van der Waals surface area contributed by atoms with Gasteiger partial charge in [0.05, 0.1) is 11.0 Å². The molecule has 0 aliphatic carbocycles. The van der Waals surface area contributed by atoms with Gasteiger partial charge in [-0.2, -0.15) is 0 Å². The van der Waals surface area contributed by atoms with Crippen molar-refractivity contribution in [2.24, 2.45) is 0 Å². The molecule has 60 heavy (non-hydrogen) atoms. The zero-order chi connectivity index (χ0) is 39.7. The van der Waals surface area contributed by atoms with Gasteiger partial charge in [0.2, 0.25) is 5.89 Å². The lowest BCUT2D eigenvalue weighted by Gasteiger charge is -2.10. The molecule has 7 heteroatoms. The summed E-state index contributed by atoms with van der Waals surface area (Å²) in [5.41, 5.74) is 12.0. The Morgan fingerprint density at radius 1 is 0.450 bits per heavy atom. The first-order valence-corrected chi connectivity index (χ1v) is 20.8. The van der Waals surface area contributed by atoms with Crippen molar-refractivity contribution >= 4 is 64.4 Å². The zero-order valence-corrected chi connectivity index (χ0v) is 33.2. The summed E-state index contributed by atoms with van der Waals surface area (Å²) in [7, 11) is 0. The van der Waals surface area contributed by atoms with Crippen LogP contribution in [0.5, 0.6) is 0 Å². The predicted molar refractivity (Wildman–Crippen MR) is 247 cm³/mol. The maximum Gasteiger partial charge on any atom is 0.227 e. The van der Waals surface area contributed by atoms with Crippen molar-refractivity contribution in [2.45, 2.75) is 6.92 Å². The molecule has 4 heterocycles. The second-order valence-electron chi connectivity index (χ2n) is 15.2. The molecule has 8 aromatic carbocycles. The van der Waals surface area contributed by atoms with Gasteiger partial charge in [0.1, 0.15) is 5.52 Å². The normalized spacial score (nSPS) is 11.8. The number of benzene rings is 8. The van der Waals surface area contributed by atoms with E-state index in [1.807, 2.05) is 90.2 Å². The number of hydrogen-bond donors (Lipinski definition) is 0. The van der Waals surface area contributed by atoms with E-state index in [4.69, 9.17) is 24.4 Å². The number of nitrogens with zero attached hydrogens (tertiary/aromatic N) is 5. The van der Waals surface area contributed by atoms with Crippen molar-refractivity contribution in [2.75, 3.05) is 0 Å². The Bertz CT molecular complexity index is 3570. The molecule has 0 saturated carbocycles. The van der Waals surface area contributed by atoms with E-state index in [0.29, 0.717) is 28.9 Å². The van der Waals surface area contributed by atoms with Gasteiger partial charge in [-0.05, 0) is 96.4 Å². The topological polar surface area (TPSA) is 69.6 Å². The summed E-state index contributed by atoms with van der Waals surface area (Å²) < 4.78 is 11.4. The molecule has 0 bridgehead atoms. The van der Waals surface area contributed by atoms with E-state index in [2.05, 4.69) is 115 Å². The molecule has 0 saturated heterocycles. The number of thiophene rings is 1. The fraction of sp³-hybridized carbons (Fsp3) is 0.0189. The Hall–Kier alpha value is -7.74. The zero-order valence-electron chi connectivity index (χ0n) is 32.4. The van der Waals surface area contributed by atoms with Crippen molar-refractivity contribution in [1.82, 2.24) is 24.5 Å². The van der Waals surface area contributed by atoms with Crippen LogP contribution in [0.15, 0.2) is 186 Å². The van der Waals surface area contributed by atoms with Crippen molar-refractivity contribution in [3.8, 4) is 62.4 Å². The molecule has 4 aromatic heterocycles. The van der Waals surface area contributed by atoms with E-state index in [0.717, 1.165) is 44.5 Å². The second-order valence-corrected chi connectivity index (χ2v) is 16.2. The third-order valence-electron chi connectivity index (χ3n) is 11.3. The number of hydrogen-bond acceptors (Lipinski definition) is 6. The number of oxazole rings is 1. The lowest BCUT2D eigenvalue weighted by Crippen LogP contribution is -2.00. The van der Waals surface area contributed by atoms with Crippen molar-refractivity contribution < 1.29 is 4.42 Å². The summed E-state index contributed by atoms with van der Waals surface area (Å²) in [6.07, 6.45) is 0. The lowest BCUT2D eigenvalue weighted by atomic mass is 9.98. The molecular weight excluding hydrogens is 755 g/mol. The Labute approximate surface area is 348 Å². The summed E-state index contributed by atoms with van der Waals surface area (Å²) >= 11 is 1.87. The largest absolute Gasteiger partial charge is 0.436 e. The minimum atomic E-state index is 0.546. The van der Waals surface area contributed by atoms with E-state index in [1.54, 1.807) is 0 Å². The van der Waals surface area contributed by atoms with Crippen LogP contribution < -0.4 is 0 Å². The fourth-order valence-electron chi connectivity index (χ4n) is 8.51. The Morgan fingerprint density at radius 3 is 1.88 bits per heavy atom. The number of rotatable bonds is 6. The van der Waals surface area contributed by atoms with Crippen molar-refractivity contribution in [3.05, 3.63) is 188 Å².